The normalized spacial score (nSPS) is 11.7. The zero-order chi connectivity index (χ0) is 18.4. The third-order valence-electron chi connectivity index (χ3n) is 3.81. The average molecular weight is 348 g/mol. The summed E-state index contributed by atoms with van der Waals surface area (Å²) in [6, 6.07) is 10.8. The number of rotatable bonds is 2. The number of nitrogens with zero attached hydrogens (tertiary/aromatic N) is 2. The van der Waals surface area contributed by atoms with Crippen molar-refractivity contribution in [3.8, 4) is 11.3 Å². The van der Waals surface area contributed by atoms with Crippen LogP contribution in [0.2, 0.25) is 0 Å². The van der Waals surface area contributed by atoms with Crippen LogP contribution >= 0.6 is 0 Å². The smallest absolute Gasteiger partial charge is 0.279 e. The SMILES string of the molecule is CC(=O)n1c(-c2ccccc2)c(C(F)(F)F)c2cc([N+](=O)[O-])ccc21. The highest BCUT2D eigenvalue weighted by Crippen LogP contribution is 2.44. The molecule has 25 heavy (non-hydrogen) atoms. The predicted octanol–water partition coefficient (Wildman–Crippen LogP) is 4.90. The fourth-order valence-electron chi connectivity index (χ4n) is 2.88. The second-order valence-electron chi connectivity index (χ2n) is 5.40. The lowest BCUT2D eigenvalue weighted by Crippen LogP contribution is -2.11. The minimum Gasteiger partial charge on any atom is -0.279 e. The number of carbonyl (C=O) groups is 1. The molecule has 2 aromatic carbocycles. The molecule has 1 heterocycles. The average Bonchev–Trinajstić information content (AvgIpc) is 2.90. The molecule has 0 amide bonds. The van der Waals surface area contributed by atoms with Gasteiger partial charge in [-0.1, -0.05) is 30.3 Å². The molecule has 0 fully saturated rings. The first-order chi connectivity index (χ1) is 11.7. The van der Waals surface area contributed by atoms with E-state index in [0.717, 1.165) is 29.7 Å². The fraction of sp³-hybridized carbons (Fsp3) is 0.118. The van der Waals surface area contributed by atoms with Gasteiger partial charge in [0.05, 0.1) is 21.7 Å². The molecule has 0 N–H and O–H groups in total. The van der Waals surface area contributed by atoms with Gasteiger partial charge in [0.15, 0.2) is 0 Å². The zero-order valence-electron chi connectivity index (χ0n) is 12.9. The number of aromatic nitrogens is 1. The molecule has 0 aliphatic rings. The number of benzene rings is 2. The summed E-state index contributed by atoms with van der Waals surface area (Å²) in [5.41, 5.74) is -1.69. The molecule has 3 aromatic rings. The van der Waals surface area contributed by atoms with Crippen LogP contribution < -0.4 is 0 Å². The van der Waals surface area contributed by atoms with Crippen molar-refractivity contribution in [3.05, 3.63) is 64.2 Å². The van der Waals surface area contributed by atoms with Gasteiger partial charge in [0, 0.05) is 24.4 Å². The molecule has 3 rings (SSSR count). The Bertz CT molecular complexity index is 992. The molecule has 128 valence electrons. The second kappa shape index (κ2) is 5.73. The van der Waals surface area contributed by atoms with E-state index in [4.69, 9.17) is 0 Å². The Morgan fingerprint density at radius 3 is 2.28 bits per heavy atom. The van der Waals surface area contributed by atoms with Crippen molar-refractivity contribution in [2.75, 3.05) is 0 Å². The third-order valence-corrected chi connectivity index (χ3v) is 3.81. The Morgan fingerprint density at radius 2 is 1.76 bits per heavy atom. The van der Waals surface area contributed by atoms with Crippen molar-refractivity contribution < 1.29 is 22.9 Å². The summed E-state index contributed by atoms with van der Waals surface area (Å²) in [6.45, 7) is 1.15. The first-order valence-electron chi connectivity index (χ1n) is 7.18. The first kappa shape index (κ1) is 16.7. The summed E-state index contributed by atoms with van der Waals surface area (Å²) in [4.78, 5) is 22.3. The molecule has 0 unspecified atom stereocenters. The summed E-state index contributed by atoms with van der Waals surface area (Å²) in [5.74, 6) is -0.617. The van der Waals surface area contributed by atoms with Gasteiger partial charge in [0.1, 0.15) is 0 Å². The van der Waals surface area contributed by atoms with Crippen molar-refractivity contribution in [3.63, 3.8) is 0 Å². The van der Waals surface area contributed by atoms with Crippen molar-refractivity contribution >= 4 is 22.5 Å². The highest BCUT2D eigenvalue weighted by atomic mass is 19.4. The lowest BCUT2D eigenvalue weighted by molar-refractivity contribution is -0.384. The largest absolute Gasteiger partial charge is 0.419 e. The number of hydrogen-bond acceptors (Lipinski definition) is 3. The van der Waals surface area contributed by atoms with E-state index in [2.05, 4.69) is 0 Å². The third kappa shape index (κ3) is 2.75. The van der Waals surface area contributed by atoms with E-state index < -0.39 is 28.3 Å². The topological polar surface area (TPSA) is 65.1 Å². The molecule has 0 aliphatic carbocycles. The number of halogens is 3. The van der Waals surface area contributed by atoms with Crippen LogP contribution in [0.3, 0.4) is 0 Å². The van der Waals surface area contributed by atoms with Gasteiger partial charge in [0.2, 0.25) is 5.91 Å². The molecule has 8 heteroatoms. The number of nitro benzene ring substituents is 1. The summed E-state index contributed by atoms with van der Waals surface area (Å²) in [5, 5.41) is 10.6. The van der Waals surface area contributed by atoms with Crippen LogP contribution in [-0.4, -0.2) is 15.4 Å². The molecular formula is C17H11F3N2O3. The molecule has 0 bridgehead atoms. The number of carbonyl (C=O) groups excluding carboxylic acids is 1. The van der Waals surface area contributed by atoms with Crippen LogP contribution in [0.1, 0.15) is 17.3 Å². The number of alkyl halides is 3. The Hall–Kier alpha value is -3.16. The van der Waals surface area contributed by atoms with Crippen molar-refractivity contribution in [2.24, 2.45) is 0 Å². The maximum absolute atomic E-state index is 13.8. The molecule has 0 radical (unpaired) electrons. The monoisotopic (exact) mass is 348 g/mol. The summed E-state index contributed by atoms with van der Waals surface area (Å²) in [6.07, 6.45) is -4.79. The van der Waals surface area contributed by atoms with Gasteiger partial charge in [-0.2, -0.15) is 13.2 Å². The van der Waals surface area contributed by atoms with Crippen molar-refractivity contribution in [2.45, 2.75) is 13.1 Å². The Kier molecular flexibility index (Phi) is 3.82. The molecule has 0 saturated heterocycles. The fourth-order valence-corrected chi connectivity index (χ4v) is 2.88. The van der Waals surface area contributed by atoms with Crippen LogP contribution in [0.4, 0.5) is 18.9 Å². The van der Waals surface area contributed by atoms with E-state index in [1.54, 1.807) is 18.2 Å². The van der Waals surface area contributed by atoms with Gasteiger partial charge in [-0.25, -0.2) is 0 Å². The van der Waals surface area contributed by atoms with Gasteiger partial charge < -0.3 is 0 Å². The number of fused-ring (bicyclic) bond motifs is 1. The highest BCUT2D eigenvalue weighted by Gasteiger charge is 2.40. The van der Waals surface area contributed by atoms with Gasteiger partial charge >= 0.3 is 6.18 Å². The zero-order valence-corrected chi connectivity index (χ0v) is 12.9. The minimum atomic E-state index is -4.79. The number of nitro groups is 1. The Labute approximate surface area is 139 Å². The Balaban J connectivity index is 2.53. The highest BCUT2D eigenvalue weighted by molar-refractivity contribution is 6.01. The standard InChI is InChI=1S/C17H11F3N2O3/c1-10(23)21-14-8-7-12(22(24)25)9-13(14)15(17(18,19)20)16(21)11-5-3-2-4-6-11/h2-9H,1H3. The maximum atomic E-state index is 13.8. The van der Waals surface area contributed by atoms with E-state index >= 15 is 0 Å². The van der Waals surface area contributed by atoms with Gasteiger partial charge in [-0.15, -0.1) is 0 Å². The number of hydrogen-bond donors (Lipinski definition) is 0. The van der Waals surface area contributed by atoms with Crippen LogP contribution in [0, 0.1) is 10.1 Å². The summed E-state index contributed by atoms with van der Waals surface area (Å²) in [7, 11) is 0. The predicted molar refractivity (Wildman–Crippen MR) is 85.3 cm³/mol. The van der Waals surface area contributed by atoms with Gasteiger partial charge in [-0.3, -0.25) is 19.5 Å². The molecular weight excluding hydrogens is 337 g/mol. The summed E-state index contributed by atoms with van der Waals surface area (Å²) < 4.78 is 42.3. The Morgan fingerprint density at radius 1 is 1.12 bits per heavy atom. The van der Waals surface area contributed by atoms with Crippen LogP contribution in [0.25, 0.3) is 22.2 Å². The van der Waals surface area contributed by atoms with Gasteiger partial charge in [-0.05, 0) is 11.6 Å². The quantitative estimate of drug-likeness (QED) is 0.489. The molecule has 0 saturated carbocycles. The molecule has 5 nitrogen and oxygen atoms in total. The van der Waals surface area contributed by atoms with Crippen LogP contribution in [-0.2, 0) is 6.18 Å². The number of non-ortho nitro benzene ring substituents is 1. The van der Waals surface area contributed by atoms with Crippen molar-refractivity contribution in [1.82, 2.24) is 4.57 Å². The lowest BCUT2D eigenvalue weighted by Gasteiger charge is -2.11. The minimum absolute atomic E-state index is 0.0238. The van der Waals surface area contributed by atoms with E-state index in [0.29, 0.717) is 0 Å². The van der Waals surface area contributed by atoms with E-state index in [1.165, 1.54) is 12.1 Å². The molecule has 0 aliphatic heterocycles. The van der Waals surface area contributed by atoms with Crippen molar-refractivity contribution in [1.29, 1.82) is 0 Å². The molecule has 0 spiro atoms. The van der Waals surface area contributed by atoms with Gasteiger partial charge in [0.25, 0.3) is 5.69 Å². The van der Waals surface area contributed by atoms with Crippen LogP contribution in [0.5, 0.6) is 0 Å². The maximum Gasteiger partial charge on any atom is 0.419 e. The summed E-state index contributed by atoms with van der Waals surface area (Å²) >= 11 is 0. The molecule has 0 atom stereocenters. The second-order valence-corrected chi connectivity index (χ2v) is 5.40. The lowest BCUT2D eigenvalue weighted by atomic mass is 10.0. The van der Waals surface area contributed by atoms with E-state index in [-0.39, 0.29) is 22.2 Å². The first-order valence-corrected chi connectivity index (χ1v) is 7.18. The van der Waals surface area contributed by atoms with Crippen LogP contribution in [0.15, 0.2) is 48.5 Å². The molecule has 1 aromatic heterocycles. The van der Waals surface area contributed by atoms with E-state index in [1.807, 2.05) is 0 Å². The van der Waals surface area contributed by atoms with E-state index in [9.17, 15) is 28.1 Å².